The molecule has 6 nitrogen and oxygen atoms in total. The molecule has 6 heteroatoms. The number of nitrogens with zero attached hydrogens (tertiary/aromatic N) is 2. The molecule has 108 valence electrons. The molecule has 1 aromatic carbocycles. The maximum absolute atomic E-state index is 12.2. The van der Waals surface area contributed by atoms with Gasteiger partial charge in [-0.3, -0.25) is 24.3 Å². The lowest BCUT2D eigenvalue weighted by Gasteiger charge is -2.11. The molecule has 0 radical (unpaired) electrons. The number of aromatic nitrogens is 1. The van der Waals surface area contributed by atoms with E-state index in [0.29, 0.717) is 5.69 Å². The van der Waals surface area contributed by atoms with Crippen molar-refractivity contribution in [3.05, 3.63) is 62.4 Å². The molecular weight excluding hydrogens is 272 g/mol. The minimum atomic E-state index is -0.770. The Hall–Kier alpha value is -2.76. The standard InChI is InChI=1S/C15H14N2O4/c1-10-3-5-12(6-4-10)13-7-8-14(17(20)21)15(19)16(13)9-11(2)18/h3-8H,9H2,1-2H3. The Morgan fingerprint density at radius 3 is 2.33 bits per heavy atom. The maximum Gasteiger partial charge on any atom is 0.334 e. The molecule has 0 saturated heterocycles. The number of carbonyl (C=O) groups excluding carboxylic acids is 1. The van der Waals surface area contributed by atoms with E-state index in [-0.39, 0.29) is 12.3 Å². The molecule has 0 saturated carbocycles. The Morgan fingerprint density at radius 2 is 1.81 bits per heavy atom. The molecule has 0 fully saturated rings. The summed E-state index contributed by atoms with van der Waals surface area (Å²) in [5.74, 6) is -0.244. The van der Waals surface area contributed by atoms with Crippen molar-refractivity contribution >= 4 is 11.5 Å². The highest BCUT2D eigenvalue weighted by atomic mass is 16.6. The van der Waals surface area contributed by atoms with Crippen LogP contribution in [-0.2, 0) is 11.3 Å². The fourth-order valence-electron chi connectivity index (χ4n) is 2.06. The van der Waals surface area contributed by atoms with Gasteiger partial charge in [0.25, 0.3) is 0 Å². The lowest BCUT2D eigenvalue weighted by molar-refractivity contribution is -0.386. The van der Waals surface area contributed by atoms with E-state index in [4.69, 9.17) is 0 Å². The predicted octanol–water partition coefficient (Wildman–Crippen LogP) is 2.32. The third-order valence-electron chi connectivity index (χ3n) is 3.08. The van der Waals surface area contributed by atoms with E-state index in [1.165, 1.54) is 19.1 Å². The fraction of sp³-hybridized carbons (Fsp3) is 0.200. The number of aryl methyl sites for hydroxylation is 1. The van der Waals surface area contributed by atoms with Gasteiger partial charge in [0.05, 0.1) is 17.2 Å². The molecule has 0 spiro atoms. The smallest absolute Gasteiger partial charge is 0.298 e. The van der Waals surface area contributed by atoms with Crippen LogP contribution < -0.4 is 5.56 Å². The van der Waals surface area contributed by atoms with Crippen molar-refractivity contribution in [3.63, 3.8) is 0 Å². The van der Waals surface area contributed by atoms with Crippen LogP contribution in [0.1, 0.15) is 12.5 Å². The van der Waals surface area contributed by atoms with Crippen LogP contribution in [0.4, 0.5) is 5.69 Å². The first-order valence-electron chi connectivity index (χ1n) is 6.35. The molecule has 1 heterocycles. The number of hydrogen-bond acceptors (Lipinski definition) is 4. The van der Waals surface area contributed by atoms with Crippen molar-refractivity contribution in [1.29, 1.82) is 0 Å². The Balaban J connectivity index is 2.68. The van der Waals surface area contributed by atoms with Gasteiger partial charge in [0.2, 0.25) is 0 Å². The second-order valence-corrected chi connectivity index (χ2v) is 4.82. The number of rotatable bonds is 4. The van der Waals surface area contributed by atoms with Gasteiger partial charge in [0.15, 0.2) is 0 Å². The highest BCUT2D eigenvalue weighted by Crippen LogP contribution is 2.20. The van der Waals surface area contributed by atoms with Gasteiger partial charge >= 0.3 is 11.2 Å². The first-order valence-corrected chi connectivity index (χ1v) is 6.35. The van der Waals surface area contributed by atoms with Crippen LogP contribution in [0, 0.1) is 17.0 Å². The number of ketones is 1. The SMILES string of the molecule is CC(=O)Cn1c(-c2ccc(C)cc2)ccc([N+](=O)[O-])c1=O. The fourth-order valence-corrected chi connectivity index (χ4v) is 2.06. The Morgan fingerprint density at radius 1 is 1.19 bits per heavy atom. The molecule has 0 amide bonds. The first-order chi connectivity index (χ1) is 9.90. The highest BCUT2D eigenvalue weighted by molar-refractivity contribution is 5.76. The van der Waals surface area contributed by atoms with Gasteiger partial charge in [-0.05, 0) is 25.5 Å². The molecule has 0 aliphatic rings. The van der Waals surface area contributed by atoms with Crippen molar-refractivity contribution in [2.45, 2.75) is 20.4 Å². The summed E-state index contributed by atoms with van der Waals surface area (Å²) in [4.78, 5) is 33.7. The summed E-state index contributed by atoms with van der Waals surface area (Å²) in [6, 6.07) is 10.0. The van der Waals surface area contributed by atoms with Crippen molar-refractivity contribution in [1.82, 2.24) is 4.57 Å². The molecule has 0 unspecified atom stereocenters. The van der Waals surface area contributed by atoms with Gasteiger partial charge in [0.1, 0.15) is 5.78 Å². The number of carbonyl (C=O) groups is 1. The lowest BCUT2D eigenvalue weighted by Crippen LogP contribution is -2.26. The van der Waals surface area contributed by atoms with Gasteiger partial charge in [-0.2, -0.15) is 0 Å². The van der Waals surface area contributed by atoms with Crippen LogP contribution in [0.3, 0.4) is 0 Å². The molecule has 21 heavy (non-hydrogen) atoms. The van der Waals surface area contributed by atoms with Crippen LogP contribution >= 0.6 is 0 Å². The number of hydrogen-bond donors (Lipinski definition) is 0. The van der Waals surface area contributed by atoms with Crippen molar-refractivity contribution < 1.29 is 9.72 Å². The van der Waals surface area contributed by atoms with Gasteiger partial charge < -0.3 is 0 Å². The number of pyridine rings is 1. The molecule has 2 rings (SSSR count). The lowest BCUT2D eigenvalue weighted by atomic mass is 10.1. The van der Waals surface area contributed by atoms with E-state index >= 15 is 0 Å². The minimum absolute atomic E-state index is 0.191. The number of Topliss-reactive ketones (excluding diaryl/α,β-unsaturated/α-hetero) is 1. The average Bonchev–Trinajstić information content (AvgIpc) is 2.41. The monoisotopic (exact) mass is 286 g/mol. The molecule has 0 N–H and O–H groups in total. The minimum Gasteiger partial charge on any atom is -0.298 e. The van der Waals surface area contributed by atoms with E-state index in [1.807, 2.05) is 31.2 Å². The van der Waals surface area contributed by atoms with E-state index in [1.54, 1.807) is 0 Å². The third kappa shape index (κ3) is 3.05. The topological polar surface area (TPSA) is 82.2 Å². The van der Waals surface area contributed by atoms with Crippen LogP contribution in [0.2, 0.25) is 0 Å². The summed E-state index contributed by atoms with van der Waals surface area (Å²) in [5.41, 5.74) is 0.969. The summed E-state index contributed by atoms with van der Waals surface area (Å²) >= 11 is 0. The molecule has 2 aromatic rings. The summed E-state index contributed by atoms with van der Waals surface area (Å²) < 4.78 is 1.14. The second-order valence-electron chi connectivity index (χ2n) is 4.82. The van der Waals surface area contributed by atoms with Crippen molar-refractivity contribution in [2.24, 2.45) is 0 Å². The van der Waals surface area contributed by atoms with Crippen LogP contribution in [-0.4, -0.2) is 15.3 Å². The Bertz CT molecular complexity index is 760. The van der Waals surface area contributed by atoms with Gasteiger partial charge in [-0.1, -0.05) is 29.8 Å². The molecule has 0 bridgehead atoms. The predicted molar refractivity (Wildman–Crippen MR) is 78.2 cm³/mol. The molecule has 0 atom stereocenters. The van der Waals surface area contributed by atoms with E-state index in [0.717, 1.165) is 15.7 Å². The summed E-state index contributed by atoms with van der Waals surface area (Å²) in [5, 5.41) is 10.9. The summed E-state index contributed by atoms with van der Waals surface area (Å²) in [6.45, 7) is 3.08. The maximum atomic E-state index is 12.2. The normalized spacial score (nSPS) is 10.4. The zero-order valence-electron chi connectivity index (χ0n) is 11.7. The van der Waals surface area contributed by atoms with Gasteiger partial charge in [-0.25, -0.2) is 0 Å². The Kier molecular flexibility index (Phi) is 3.98. The second kappa shape index (κ2) is 5.70. The zero-order chi connectivity index (χ0) is 15.6. The zero-order valence-corrected chi connectivity index (χ0v) is 11.7. The van der Waals surface area contributed by atoms with E-state index < -0.39 is 16.2 Å². The quantitative estimate of drug-likeness (QED) is 0.638. The van der Waals surface area contributed by atoms with E-state index in [9.17, 15) is 19.7 Å². The number of benzene rings is 1. The molecule has 1 aromatic heterocycles. The van der Waals surface area contributed by atoms with Crippen molar-refractivity contribution in [3.8, 4) is 11.3 Å². The molecular formula is C15H14N2O4. The van der Waals surface area contributed by atoms with E-state index in [2.05, 4.69) is 0 Å². The average molecular weight is 286 g/mol. The van der Waals surface area contributed by atoms with Crippen LogP contribution in [0.15, 0.2) is 41.2 Å². The third-order valence-corrected chi connectivity index (χ3v) is 3.08. The van der Waals surface area contributed by atoms with Crippen molar-refractivity contribution in [2.75, 3.05) is 0 Å². The molecule has 0 aliphatic carbocycles. The Labute approximate surface area is 120 Å². The largest absolute Gasteiger partial charge is 0.334 e. The van der Waals surface area contributed by atoms with Crippen LogP contribution in [0.5, 0.6) is 0 Å². The summed E-state index contributed by atoms with van der Waals surface area (Å²) in [7, 11) is 0. The van der Waals surface area contributed by atoms with Crippen LogP contribution in [0.25, 0.3) is 11.3 Å². The highest BCUT2D eigenvalue weighted by Gasteiger charge is 2.18. The molecule has 0 aliphatic heterocycles. The first kappa shape index (κ1) is 14.6. The van der Waals surface area contributed by atoms with Gasteiger partial charge in [0, 0.05) is 6.07 Å². The summed E-state index contributed by atoms with van der Waals surface area (Å²) in [6.07, 6.45) is 0. The number of nitro groups is 1. The van der Waals surface area contributed by atoms with Gasteiger partial charge in [-0.15, -0.1) is 0 Å².